The van der Waals surface area contributed by atoms with E-state index in [1.807, 2.05) is 0 Å². The molecule has 1 atom stereocenters. The zero-order valence-corrected chi connectivity index (χ0v) is 9.63. The molecule has 1 rings (SSSR count). The van der Waals surface area contributed by atoms with Crippen LogP contribution in [-0.2, 0) is 16.0 Å². The van der Waals surface area contributed by atoms with Crippen LogP contribution in [0.4, 0.5) is 4.39 Å². The second-order valence-corrected chi connectivity index (χ2v) is 3.85. The summed E-state index contributed by atoms with van der Waals surface area (Å²) in [6.07, 6.45) is 0.0869. The Morgan fingerprint density at radius 3 is 2.88 bits per heavy atom. The highest BCUT2D eigenvalue weighted by Crippen LogP contribution is 2.18. The number of hydrogen-bond acceptors (Lipinski definition) is 3. The SMILES string of the molecule is COCC(N)C(=O)Cc1ccc(F)cc1Cl. The van der Waals surface area contributed by atoms with Gasteiger partial charge in [0.15, 0.2) is 5.78 Å². The lowest BCUT2D eigenvalue weighted by atomic mass is 10.0. The first-order valence-corrected chi connectivity index (χ1v) is 5.13. The van der Waals surface area contributed by atoms with Crippen molar-refractivity contribution in [1.29, 1.82) is 0 Å². The van der Waals surface area contributed by atoms with Gasteiger partial charge in [-0.15, -0.1) is 0 Å². The minimum atomic E-state index is -0.675. The third kappa shape index (κ3) is 3.56. The fraction of sp³-hybridized carbons (Fsp3) is 0.364. The molecule has 5 heteroatoms. The molecule has 0 aliphatic carbocycles. The normalized spacial score (nSPS) is 12.5. The van der Waals surface area contributed by atoms with Gasteiger partial charge in [-0.25, -0.2) is 4.39 Å². The Kier molecular flexibility index (Phi) is 4.86. The predicted octanol–water partition coefficient (Wildman–Crippen LogP) is 1.56. The van der Waals surface area contributed by atoms with Crippen LogP contribution < -0.4 is 5.73 Å². The van der Waals surface area contributed by atoms with Crippen LogP contribution >= 0.6 is 11.6 Å². The van der Waals surface area contributed by atoms with Crippen molar-refractivity contribution >= 4 is 17.4 Å². The summed E-state index contributed by atoms with van der Waals surface area (Å²) in [4.78, 5) is 11.6. The smallest absolute Gasteiger partial charge is 0.156 e. The van der Waals surface area contributed by atoms with Crippen molar-refractivity contribution in [3.8, 4) is 0 Å². The third-order valence-electron chi connectivity index (χ3n) is 2.14. The number of rotatable bonds is 5. The van der Waals surface area contributed by atoms with Gasteiger partial charge in [0.2, 0.25) is 0 Å². The van der Waals surface area contributed by atoms with Crippen molar-refractivity contribution in [2.75, 3.05) is 13.7 Å². The van der Waals surface area contributed by atoms with Crippen LogP contribution in [0.1, 0.15) is 5.56 Å². The molecule has 0 saturated carbocycles. The van der Waals surface area contributed by atoms with Gasteiger partial charge in [0.25, 0.3) is 0 Å². The van der Waals surface area contributed by atoms with Crippen LogP contribution in [0.3, 0.4) is 0 Å². The summed E-state index contributed by atoms with van der Waals surface area (Å²) >= 11 is 5.79. The Balaban J connectivity index is 2.69. The first-order valence-electron chi connectivity index (χ1n) is 4.75. The van der Waals surface area contributed by atoms with Crippen LogP contribution in [0.25, 0.3) is 0 Å². The van der Waals surface area contributed by atoms with E-state index in [0.29, 0.717) is 5.56 Å². The van der Waals surface area contributed by atoms with Crippen molar-refractivity contribution in [1.82, 2.24) is 0 Å². The van der Waals surface area contributed by atoms with Crippen LogP contribution in [-0.4, -0.2) is 25.5 Å². The van der Waals surface area contributed by atoms with Gasteiger partial charge >= 0.3 is 0 Å². The molecule has 16 heavy (non-hydrogen) atoms. The molecule has 0 aromatic heterocycles. The number of hydrogen-bond donors (Lipinski definition) is 1. The molecule has 0 amide bonds. The number of methoxy groups -OCH3 is 1. The second kappa shape index (κ2) is 5.94. The van der Waals surface area contributed by atoms with E-state index in [9.17, 15) is 9.18 Å². The first kappa shape index (κ1) is 13.1. The summed E-state index contributed by atoms with van der Waals surface area (Å²) in [6.45, 7) is 0.164. The topological polar surface area (TPSA) is 52.3 Å². The quantitative estimate of drug-likeness (QED) is 0.857. The molecule has 3 nitrogen and oxygen atoms in total. The molecule has 0 saturated heterocycles. The monoisotopic (exact) mass is 245 g/mol. The lowest BCUT2D eigenvalue weighted by Gasteiger charge is -2.10. The van der Waals surface area contributed by atoms with E-state index < -0.39 is 11.9 Å². The molecule has 2 N–H and O–H groups in total. The van der Waals surface area contributed by atoms with E-state index in [1.54, 1.807) is 0 Å². The zero-order valence-electron chi connectivity index (χ0n) is 8.87. The highest BCUT2D eigenvalue weighted by Gasteiger charge is 2.15. The number of Topliss-reactive ketones (excluding diaryl/α,β-unsaturated/α-hetero) is 1. The average molecular weight is 246 g/mol. The second-order valence-electron chi connectivity index (χ2n) is 3.44. The standard InChI is InChI=1S/C11H13ClFNO2/c1-16-6-10(14)11(15)4-7-2-3-8(13)5-9(7)12/h2-3,5,10H,4,6,14H2,1H3. The fourth-order valence-corrected chi connectivity index (χ4v) is 1.49. The van der Waals surface area contributed by atoms with E-state index in [1.165, 1.54) is 25.3 Å². The van der Waals surface area contributed by atoms with Crippen molar-refractivity contribution in [2.45, 2.75) is 12.5 Å². The summed E-state index contributed by atoms with van der Waals surface area (Å²) in [5.41, 5.74) is 6.13. The maximum absolute atomic E-state index is 12.8. The Morgan fingerprint density at radius 2 is 2.31 bits per heavy atom. The Bertz CT molecular complexity index is 384. The van der Waals surface area contributed by atoms with Crippen molar-refractivity contribution in [3.63, 3.8) is 0 Å². The van der Waals surface area contributed by atoms with E-state index in [4.69, 9.17) is 22.1 Å². The van der Waals surface area contributed by atoms with E-state index in [-0.39, 0.29) is 23.8 Å². The van der Waals surface area contributed by atoms with Gasteiger partial charge in [0, 0.05) is 18.6 Å². The molecular formula is C11H13ClFNO2. The number of carbonyl (C=O) groups is 1. The molecule has 0 bridgehead atoms. The predicted molar refractivity (Wildman–Crippen MR) is 60.0 cm³/mol. The fourth-order valence-electron chi connectivity index (χ4n) is 1.26. The Hall–Kier alpha value is -0.970. The van der Waals surface area contributed by atoms with Gasteiger partial charge in [0.1, 0.15) is 5.82 Å². The number of nitrogens with two attached hydrogens (primary N) is 1. The Labute approximate surface area is 98.3 Å². The van der Waals surface area contributed by atoms with Crippen molar-refractivity contribution < 1.29 is 13.9 Å². The van der Waals surface area contributed by atoms with Crippen LogP contribution in [0.15, 0.2) is 18.2 Å². The van der Waals surface area contributed by atoms with Gasteiger partial charge in [-0.05, 0) is 17.7 Å². The molecule has 1 unspecified atom stereocenters. The summed E-state index contributed by atoms with van der Waals surface area (Å²) in [5.74, 6) is -0.613. The molecule has 1 aromatic carbocycles. The minimum absolute atomic E-state index is 0.0869. The van der Waals surface area contributed by atoms with Gasteiger partial charge in [-0.2, -0.15) is 0 Å². The maximum atomic E-state index is 12.8. The van der Waals surface area contributed by atoms with Crippen molar-refractivity contribution in [2.24, 2.45) is 5.73 Å². The van der Waals surface area contributed by atoms with Gasteiger partial charge in [-0.3, -0.25) is 4.79 Å². The molecule has 0 aliphatic heterocycles. The van der Waals surface area contributed by atoms with Crippen LogP contribution in [0, 0.1) is 5.82 Å². The molecule has 0 spiro atoms. The number of carbonyl (C=O) groups excluding carboxylic acids is 1. The number of ketones is 1. The lowest BCUT2D eigenvalue weighted by molar-refractivity contribution is -0.120. The minimum Gasteiger partial charge on any atom is -0.383 e. The number of ether oxygens (including phenoxy) is 1. The zero-order chi connectivity index (χ0) is 12.1. The summed E-state index contributed by atoms with van der Waals surface area (Å²) in [6, 6.07) is 3.24. The molecule has 0 radical (unpaired) electrons. The van der Waals surface area contributed by atoms with Gasteiger partial charge in [0.05, 0.1) is 12.6 Å². The number of halogens is 2. The van der Waals surface area contributed by atoms with Gasteiger partial charge in [-0.1, -0.05) is 17.7 Å². The average Bonchev–Trinajstić information content (AvgIpc) is 2.22. The molecule has 0 fully saturated rings. The van der Waals surface area contributed by atoms with E-state index in [2.05, 4.69) is 0 Å². The largest absolute Gasteiger partial charge is 0.383 e. The van der Waals surface area contributed by atoms with Crippen LogP contribution in [0.5, 0.6) is 0 Å². The molecule has 0 aliphatic rings. The number of benzene rings is 1. The molecule has 1 aromatic rings. The van der Waals surface area contributed by atoms with E-state index >= 15 is 0 Å². The van der Waals surface area contributed by atoms with Crippen LogP contribution in [0.2, 0.25) is 5.02 Å². The Morgan fingerprint density at radius 1 is 1.62 bits per heavy atom. The highest BCUT2D eigenvalue weighted by molar-refractivity contribution is 6.31. The third-order valence-corrected chi connectivity index (χ3v) is 2.49. The molecule has 88 valence electrons. The lowest BCUT2D eigenvalue weighted by Crippen LogP contribution is -2.36. The van der Waals surface area contributed by atoms with Crippen molar-refractivity contribution in [3.05, 3.63) is 34.6 Å². The van der Waals surface area contributed by atoms with Gasteiger partial charge < -0.3 is 10.5 Å². The molecule has 0 heterocycles. The van der Waals surface area contributed by atoms with E-state index in [0.717, 1.165) is 0 Å². The maximum Gasteiger partial charge on any atom is 0.156 e. The highest BCUT2D eigenvalue weighted by atomic mass is 35.5. The summed E-state index contributed by atoms with van der Waals surface area (Å²) in [7, 11) is 1.47. The molecular weight excluding hydrogens is 233 g/mol. The first-order chi connectivity index (χ1) is 7.54. The summed E-state index contributed by atoms with van der Waals surface area (Å²) in [5, 5.41) is 0.234. The summed E-state index contributed by atoms with van der Waals surface area (Å²) < 4.78 is 17.5.